The number of benzene rings is 1. The highest BCUT2D eigenvalue weighted by Gasteiger charge is 2.09. The molecule has 0 spiro atoms. The van der Waals surface area contributed by atoms with Gasteiger partial charge in [0.05, 0.1) is 11.0 Å². The maximum Gasteiger partial charge on any atom is 0.251 e. The molecule has 0 saturated heterocycles. The lowest BCUT2D eigenvalue weighted by Gasteiger charge is -2.07. The van der Waals surface area contributed by atoms with Crippen molar-refractivity contribution in [1.29, 1.82) is 0 Å². The van der Waals surface area contributed by atoms with E-state index in [1.54, 1.807) is 6.92 Å². The van der Waals surface area contributed by atoms with Gasteiger partial charge in [0.1, 0.15) is 0 Å². The van der Waals surface area contributed by atoms with Gasteiger partial charge >= 0.3 is 0 Å². The number of aliphatic hydroxyl groups is 1. The summed E-state index contributed by atoms with van der Waals surface area (Å²) in [4.78, 5) is 11.7. The van der Waals surface area contributed by atoms with Crippen LogP contribution in [0, 0.1) is 0 Å². The molecule has 1 rings (SSSR count). The van der Waals surface area contributed by atoms with Crippen LogP contribution in [0.1, 0.15) is 17.3 Å². The van der Waals surface area contributed by atoms with Crippen molar-refractivity contribution < 1.29 is 18.3 Å². The van der Waals surface area contributed by atoms with E-state index in [0.717, 1.165) is 6.26 Å². The van der Waals surface area contributed by atoms with E-state index in [1.165, 1.54) is 24.3 Å². The zero-order valence-electron chi connectivity index (χ0n) is 9.67. The number of hydrogen-bond acceptors (Lipinski definition) is 4. The van der Waals surface area contributed by atoms with Gasteiger partial charge in [0.2, 0.25) is 0 Å². The molecule has 1 atom stereocenters. The van der Waals surface area contributed by atoms with Gasteiger partial charge < -0.3 is 10.4 Å². The Bertz CT molecular complexity index is 491. The third kappa shape index (κ3) is 4.16. The maximum absolute atomic E-state index is 11.5. The zero-order chi connectivity index (χ0) is 13.1. The highest BCUT2D eigenvalue weighted by Crippen LogP contribution is 2.10. The number of nitrogens with one attached hydrogen (secondary N) is 1. The zero-order valence-corrected chi connectivity index (χ0v) is 10.5. The van der Waals surface area contributed by atoms with Crippen LogP contribution in [0.5, 0.6) is 0 Å². The van der Waals surface area contributed by atoms with Crippen molar-refractivity contribution in [3.63, 3.8) is 0 Å². The molecule has 0 aliphatic heterocycles. The average Bonchev–Trinajstić information content (AvgIpc) is 2.25. The average molecular weight is 257 g/mol. The highest BCUT2D eigenvalue weighted by molar-refractivity contribution is 7.90. The Balaban J connectivity index is 2.78. The van der Waals surface area contributed by atoms with Crippen LogP contribution in [0.4, 0.5) is 0 Å². The molecule has 1 aromatic rings. The molecular formula is C11H15NO4S. The molecule has 0 unspecified atom stereocenters. The van der Waals surface area contributed by atoms with Crippen LogP contribution in [0.2, 0.25) is 0 Å². The monoisotopic (exact) mass is 257 g/mol. The number of sulfone groups is 1. The number of aliphatic hydroxyl groups excluding tert-OH is 1. The van der Waals surface area contributed by atoms with Crippen molar-refractivity contribution >= 4 is 15.7 Å². The first-order chi connectivity index (χ1) is 7.80. The van der Waals surface area contributed by atoms with Crippen LogP contribution < -0.4 is 5.32 Å². The largest absolute Gasteiger partial charge is 0.392 e. The lowest BCUT2D eigenvalue weighted by molar-refractivity contribution is 0.0924. The molecule has 0 heterocycles. The molecule has 5 nitrogen and oxygen atoms in total. The van der Waals surface area contributed by atoms with E-state index in [4.69, 9.17) is 5.11 Å². The summed E-state index contributed by atoms with van der Waals surface area (Å²) in [6.45, 7) is 1.72. The van der Waals surface area contributed by atoms with Gasteiger partial charge in [-0.1, -0.05) is 0 Å². The predicted molar refractivity (Wildman–Crippen MR) is 63.6 cm³/mol. The van der Waals surface area contributed by atoms with E-state index >= 15 is 0 Å². The van der Waals surface area contributed by atoms with Crippen LogP contribution in [-0.4, -0.2) is 38.3 Å². The highest BCUT2D eigenvalue weighted by atomic mass is 32.2. The third-order valence-corrected chi connectivity index (χ3v) is 3.23. The number of hydrogen-bond donors (Lipinski definition) is 2. The molecule has 1 amide bonds. The first kappa shape index (κ1) is 13.7. The van der Waals surface area contributed by atoms with Crippen molar-refractivity contribution in [3.05, 3.63) is 29.8 Å². The van der Waals surface area contributed by atoms with E-state index in [-0.39, 0.29) is 17.3 Å². The van der Waals surface area contributed by atoms with Crippen molar-refractivity contribution in [3.8, 4) is 0 Å². The second kappa shape index (κ2) is 5.29. The molecule has 17 heavy (non-hydrogen) atoms. The van der Waals surface area contributed by atoms with E-state index in [2.05, 4.69) is 5.32 Å². The number of rotatable bonds is 4. The van der Waals surface area contributed by atoms with Gasteiger partial charge in [-0.25, -0.2) is 8.42 Å². The minimum Gasteiger partial charge on any atom is -0.392 e. The summed E-state index contributed by atoms with van der Waals surface area (Å²) < 4.78 is 22.4. The summed E-state index contributed by atoms with van der Waals surface area (Å²) in [6.07, 6.45) is 0.490. The summed E-state index contributed by atoms with van der Waals surface area (Å²) in [5, 5.41) is 11.5. The van der Waals surface area contributed by atoms with E-state index in [9.17, 15) is 13.2 Å². The van der Waals surface area contributed by atoms with Crippen molar-refractivity contribution in [1.82, 2.24) is 5.32 Å². The fourth-order valence-electron chi connectivity index (χ4n) is 1.20. The summed E-state index contributed by atoms with van der Waals surface area (Å²) in [7, 11) is -3.24. The fraction of sp³-hybridized carbons (Fsp3) is 0.364. The number of carbonyl (C=O) groups excluding carboxylic acids is 1. The number of carbonyl (C=O) groups is 1. The Kier molecular flexibility index (Phi) is 4.25. The first-order valence-electron chi connectivity index (χ1n) is 5.07. The molecule has 0 fully saturated rings. The van der Waals surface area contributed by atoms with Crippen LogP contribution >= 0.6 is 0 Å². The molecule has 94 valence electrons. The van der Waals surface area contributed by atoms with Gasteiger partial charge in [0.15, 0.2) is 9.84 Å². The molecule has 2 N–H and O–H groups in total. The van der Waals surface area contributed by atoms with Gasteiger partial charge in [0, 0.05) is 18.4 Å². The van der Waals surface area contributed by atoms with Crippen LogP contribution in [0.3, 0.4) is 0 Å². The quantitative estimate of drug-likeness (QED) is 0.807. The Hall–Kier alpha value is -1.40. The molecule has 1 aromatic carbocycles. The summed E-state index contributed by atoms with van der Waals surface area (Å²) >= 11 is 0. The van der Waals surface area contributed by atoms with Crippen molar-refractivity contribution in [2.45, 2.75) is 17.9 Å². The van der Waals surface area contributed by atoms with Gasteiger partial charge in [-0.05, 0) is 31.2 Å². The molecule has 0 saturated carbocycles. The van der Waals surface area contributed by atoms with Crippen LogP contribution in [-0.2, 0) is 9.84 Å². The summed E-state index contributed by atoms with van der Waals surface area (Å²) in [6, 6.07) is 5.64. The molecular weight excluding hydrogens is 242 g/mol. The van der Waals surface area contributed by atoms with E-state index in [1.807, 2.05) is 0 Å². The van der Waals surface area contributed by atoms with E-state index in [0.29, 0.717) is 5.56 Å². The SMILES string of the molecule is C[C@H](O)CNC(=O)c1ccc(S(C)(=O)=O)cc1. The standard InChI is InChI=1S/C11H15NO4S/c1-8(13)7-12-11(14)9-3-5-10(6-4-9)17(2,15)16/h3-6,8,13H,7H2,1-2H3,(H,12,14)/t8-/m0/s1. The molecule has 0 aliphatic carbocycles. The Morgan fingerprint density at radius 3 is 2.29 bits per heavy atom. The Morgan fingerprint density at radius 2 is 1.88 bits per heavy atom. The Morgan fingerprint density at radius 1 is 1.35 bits per heavy atom. The topological polar surface area (TPSA) is 83.5 Å². The second-order valence-electron chi connectivity index (χ2n) is 3.86. The molecule has 6 heteroatoms. The molecule has 0 aromatic heterocycles. The molecule has 0 radical (unpaired) electrons. The van der Waals surface area contributed by atoms with E-state index < -0.39 is 15.9 Å². The van der Waals surface area contributed by atoms with Gasteiger partial charge in [-0.15, -0.1) is 0 Å². The van der Waals surface area contributed by atoms with Crippen LogP contribution in [0.25, 0.3) is 0 Å². The maximum atomic E-state index is 11.5. The van der Waals surface area contributed by atoms with Gasteiger partial charge in [-0.3, -0.25) is 4.79 Å². The first-order valence-corrected chi connectivity index (χ1v) is 6.96. The third-order valence-electron chi connectivity index (χ3n) is 2.10. The lowest BCUT2D eigenvalue weighted by Crippen LogP contribution is -2.30. The van der Waals surface area contributed by atoms with Crippen molar-refractivity contribution in [2.24, 2.45) is 0 Å². The smallest absolute Gasteiger partial charge is 0.251 e. The van der Waals surface area contributed by atoms with Gasteiger partial charge in [0.25, 0.3) is 5.91 Å². The minimum atomic E-state index is -3.24. The predicted octanol–water partition coefficient (Wildman–Crippen LogP) is 0.201. The minimum absolute atomic E-state index is 0.159. The normalized spacial score (nSPS) is 13.1. The molecule has 0 bridgehead atoms. The summed E-state index contributed by atoms with van der Waals surface area (Å²) in [5.41, 5.74) is 0.359. The summed E-state index contributed by atoms with van der Waals surface area (Å²) in [5.74, 6) is -0.342. The molecule has 0 aliphatic rings. The second-order valence-corrected chi connectivity index (χ2v) is 5.87. The van der Waals surface area contributed by atoms with Gasteiger partial charge in [-0.2, -0.15) is 0 Å². The van der Waals surface area contributed by atoms with Crippen LogP contribution in [0.15, 0.2) is 29.2 Å². The van der Waals surface area contributed by atoms with Crippen molar-refractivity contribution in [2.75, 3.05) is 12.8 Å². The fourth-order valence-corrected chi connectivity index (χ4v) is 1.83. The lowest BCUT2D eigenvalue weighted by atomic mass is 10.2. The Labute approximate surface area is 100 Å². The number of amides is 1.